The van der Waals surface area contributed by atoms with Crippen molar-refractivity contribution in [2.24, 2.45) is 27.9 Å². The van der Waals surface area contributed by atoms with Gasteiger partial charge in [0.2, 0.25) is 23.6 Å². The average molecular weight is 599 g/mol. The van der Waals surface area contributed by atoms with E-state index in [2.05, 4.69) is 20.9 Å². The quantitative estimate of drug-likeness (QED) is 0.0547. The van der Waals surface area contributed by atoms with E-state index in [4.69, 9.17) is 22.9 Å². The molecule has 2 rings (SSSR count). The molecule has 13 N–H and O–H groups in total. The second-order valence-corrected chi connectivity index (χ2v) is 9.81. The average Bonchev–Trinajstić information content (AvgIpc) is 2.95. The Morgan fingerprint density at radius 1 is 0.744 bits per heavy atom. The molecule has 0 radical (unpaired) electrons. The van der Waals surface area contributed by atoms with Gasteiger partial charge < -0.3 is 49.1 Å². The van der Waals surface area contributed by atoms with Crippen LogP contribution in [0.1, 0.15) is 30.4 Å². The minimum absolute atomic E-state index is 0.0314. The maximum absolute atomic E-state index is 13.5. The third-order valence-electron chi connectivity index (χ3n) is 6.24. The predicted octanol–water partition coefficient (Wildman–Crippen LogP) is -2.03. The normalized spacial score (nSPS) is 13.4. The van der Waals surface area contributed by atoms with Crippen molar-refractivity contribution in [3.63, 3.8) is 0 Å². The minimum atomic E-state index is -1.62. The molecular formula is C28H38N8O7. The van der Waals surface area contributed by atoms with E-state index in [-0.39, 0.29) is 43.9 Å². The zero-order valence-corrected chi connectivity index (χ0v) is 23.4. The number of rotatable bonds is 17. The first-order chi connectivity index (χ1) is 20.3. The summed E-state index contributed by atoms with van der Waals surface area (Å²) in [7, 11) is 0. The number of carbonyl (C=O) groups excluding carboxylic acids is 4. The summed E-state index contributed by atoms with van der Waals surface area (Å²) >= 11 is 0. The number of benzene rings is 2. The van der Waals surface area contributed by atoms with E-state index >= 15 is 0 Å². The molecule has 4 atom stereocenters. The van der Waals surface area contributed by atoms with Crippen LogP contribution in [0.2, 0.25) is 0 Å². The van der Waals surface area contributed by atoms with Gasteiger partial charge in [0.15, 0.2) is 5.96 Å². The fourth-order valence-electron chi connectivity index (χ4n) is 4.03. The molecule has 15 heteroatoms. The van der Waals surface area contributed by atoms with Gasteiger partial charge in [-0.1, -0.05) is 42.5 Å². The molecule has 2 aromatic rings. The molecule has 2 aromatic carbocycles. The van der Waals surface area contributed by atoms with Gasteiger partial charge in [-0.15, -0.1) is 0 Å². The van der Waals surface area contributed by atoms with Crippen LogP contribution in [-0.4, -0.2) is 76.5 Å². The molecule has 232 valence electrons. The molecule has 0 aliphatic heterocycles. The number of aliphatic imine (C=N–C) groups is 1. The van der Waals surface area contributed by atoms with Gasteiger partial charge in [-0.2, -0.15) is 0 Å². The van der Waals surface area contributed by atoms with Gasteiger partial charge in [-0.05, 0) is 42.5 Å². The summed E-state index contributed by atoms with van der Waals surface area (Å²) < 4.78 is 0. The summed E-state index contributed by atoms with van der Waals surface area (Å²) in [6.07, 6.45) is -0.228. The van der Waals surface area contributed by atoms with Gasteiger partial charge in [0.05, 0.1) is 12.5 Å². The van der Waals surface area contributed by atoms with Crippen molar-refractivity contribution in [2.45, 2.75) is 56.3 Å². The number of phenols is 1. The third kappa shape index (κ3) is 12.5. The molecule has 0 spiro atoms. The number of nitrogens with zero attached hydrogens (tertiary/aromatic N) is 1. The highest BCUT2D eigenvalue weighted by atomic mass is 16.4. The fourth-order valence-corrected chi connectivity index (χ4v) is 4.03. The summed E-state index contributed by atoms with van der Waals surface area (Å²) in [6, 6.07) is 9.63. The van der Waals surface area contributed by atoms with Gasteiger partial charge in [0.25, 0.3) is 0 Å². The highest BCUT2D eigenvalue weighted by molar-refractivity contribution is 5.95. The molecule has 0 bridgehead atoms. The lowest BCUT2D eigenvalue weighted by molar-refractivity contribution is -0.143. The number of hydrogen-bond donors (Lipinski definition) is 9. The zero-order valence-electron chi connectivity index (χ0n) is 23.4. The number of aliphatic carboxylic acids is 1. The molecule has 0 aliphatic carbocycles. The van der Waals surface area contributed by atoms with Crippen molar-refractivity contribution in [3.05, 3.63) is 65.7 Å². The standard InChI is InChI=1S/C28H38N8O7/c29-19(13-17-8-10-18(37)11-9-17)24(39)34-20(7-4-12-33-28(31)32)25(40)35-21(14-16-5-2-1-3-6-16)26(41)36-22(27(42)43)15-23(30)38/h1-3,5-6,8-11,19-22,37H,4,7,12-15,29H2,(H2,30,38)(H,34,39)(H,35,40)(H,36,41)(H,42,43)(H4,31,32,33). The Morgan fingerprint density at radius 2 is 1.30 bits per heavy atom. The zero-order chi connectivity index (χ0) is 31.9. The largest absolute Gasteiger partial charge is 0.508 e. The van der Waals surface area contributed by atoms with Crippen molar-refractivity contribution in [2.75, 3.05) is 6.54 Å². The predicted molar refractivity (Wildman–Crippen MR) is 157 cm³/mol. The van der Waals surface area contributed by atoms with Crippen LogP contribution >= 0.6 is 0 Å². The topological polar surface area (TPSA) is 278 Å². The molecule has 0 heterocycles. The Hall–Kier alpha value is -5.18. The van der Waals surface area contributed by atoms with E-state index in [0.717, 1.165) is 0 Å². The number of guanidine groups is 1. The summed E-state index contributed by atoms with van der Waals surface area (Å²) in [5, 5.41) is 26.3. The van der Waals surface area contributed by atoms with E-state index in [9.17, 15) is 34.2 Å². The second kappa shape index (κ2) is 16.9. The fraction of sp³-hybridized carbons (Fsp3) is 0.357. The Labute approximate surface area is 248 Å². The van der Waals surface area contributed by atoms with Crippen LogP contribution in [0, 0.1) is 0 Å². The Kier molecular flexibility index (Phi) is 13.4. The first kappa shape index (κ1) is 34.0. The number of nitrogens with two attached hydrogens (primary N) is 4. The lowest BCUT2D eigenvalue weighted by atomic mass is 10.0. The van der Waals surface area contributed by atoms with E-state index in [1.807, 2.05) is 0 Å². The number of primary amides is 1. The van der Waals surface area contributed by atoms with Gasteiger partial charge >= 0.3 is 5.97 Å². The number of carboxylic acids is 1. The summed E-state index contributed by atoms with van der Waals surface area (Å²) in [6.45, 7) is 0.156. The number of hydrogen-bond acceptors (Lipinski definition) is 8. The van der Waals surface area contributed by atoms with Crippen LogP contribution in [-0.2, 0) is 36.8 Å². The number of nitrogens with one attached hydrogen (secondary N) is 3. The van der Waals surface area contributed by atoms with Gasteiger partial charge in [-0.3, -0.25) is 24.2 Å². The SMILES string of the molecule is NC(=O)CC(NC(=O)C(Cc1ccccc1)NC(=O)C(CCCN=C(N)N)NC(=O)C(N)Cc1ccc(O)cc1)C(=O)O. The first-order valence-corrected chi connectivity index (χ1v) is 13.4. The van der Waals surface area contributed by atoms with Crippen molar-refractivity contribution < 1.29 is 34.2 Å². The second-order valence-electron chi connectivity index (χ2n) is 9.81. The minimum Gasteiger partial charge on any atom is -0.508 e. The molecule has 0 aliphatic rings. The summed E-state index contributed by atoms with van der Waals surface area (Å²) in [5.41, 5.74) is 23.3. The molecule has 4 unspecified atom stereocenters. The van der Waals surface area contributed by atoms with Crippen molar-refractivity contribution in [1.29, 1.82) is 0 Å². The van der Waals surface area contributed by atoms with Crippen LogP contribution in [0.15, 0.2) is 59.6 Å². The van der Waals surface area contributed by atoms with Crippen molar-refractivity contribution >= 4 is 35.6 Å². The lowest BCUT2D eigenvalue weighted by Gasteiger charge is -2.25. The monoisotopic (exact) mass is 598 g/mol. The molecule has 0 saturated carbocycles. The van der Waals surface area contributed by atoms with Crippen LogP contribution in [0.4, 0.5) is 0 Å². The van der Waals surface area contributed by atoms with Crippen LogP contribution < -0.4 is 38.9 Å². The highest BCUT2D eigenvalue weighted by Crippen LogP contribution is 2.12. The van der Waals surface area contributed by atoms with E-state index in [1.54, 1.807) is 42.5 Å². The number of aromatic hydroxyl groups is 1. The van der Waals surface area contributed by atoms with Crippen LogP contribution in [0.5, 0.6) is 5.75 Å². The number of carbonyl (C=O) groups is 5. The van der Waals surface area contributed by atoms with Crippen LogP contribution in [0.3, 0.4) is 0 Å². The smallest absolute Gasteiger partial charge is 0.326 e. The number of carboxylic acid groups (broad SMARTS) is 1. The van der Waals surface area contributed by atoms with E-state index in [0.29, 0.717) is 11.1 Å². The van der Waals surface area contributed by atoms with Crippen LogP contribution in [0.25, 0.3) is 0 Å². The molecule has 0 aromatic heterocycles. The summed E-state index contributed by atoms with van der Waals surface area (Å²) in [5.74, 6) is -4.78. The maximum atomic E-state index is 13.5. The molecule has 43 heavy (non-hydrogen) atoms. The van der Waals surface area contributed by atoms with Gasteiger partial charge in [0.1, 0.15) is 23.9 Å². The molecule has 15 nitrogen and oxygen atoms in total. The summed E-state index contributed by atoms with van der Waals surface area (Å²) in [4.78, 5) is 66.4. The molecule has 0 saturated heterocycles. The molecule has 4 amide bonds. The number of phenolic OH excluding ortho intramolecular Hbond substituents is 1. The van der Waals surface area contributed by atoms with Gasteiger partial charge in [0, 0.05) is 13.0 Å². The number of amides is 4. The first-order valence-electron chi connectivity index (χ1n) is 13.4. The van der Waals surface area contributed by atoms with Gasteiger partial charge in [-0.25, -0.2) is 4.79 Å². The highest BCUT2D eigenvalue weighted by Gasteiger charge is 2.31. The lowest BCUT2D eigenvalue weighted by Crippen LogP contribution is -2.58. The molecule has 0 fully saturated rings. The van der Waals surface area contributed by atoms with Crippen molar-refractivity contribution in [1.82, 2.24) is 16.0 Å². The Morgan fingerprint density at radius 3 is 1.88 bits per heavy atom. The Bertz CT molecular complexity index is 1280. The van der Waals surface area contributed by atoms with E-state index < -0.39 is 60.2 Å². The van der Waals surface area contributed by atoms with E-state index in [1.165, 1.54) is 12.1 Å². The third-order valence-corrected chi connectivity index (χ3v) is 6.24. The van der Waals surface area contributed by atoms with Crippen molar-refractivity contribution in [3.8, 4) is 5.75 Å². The molecular weight excluding hydrogens is 560 g/mol. The maximum Gasteiger partial charge on any atom is 0.326 e. The Balaban J connectivity index is 2.24.